The maximum atomic E-state index is 11.3. The van der Waals surface area contributed by atoms with Crippen LogP contribution in [0.15, 0.2) is 42.5 Å². The van der Waals surface area contributed by atoms with Crippen LogP contribution in [0.1, 0.15) is 43.5 Å². The number of anilines is 1. The van der Waals surface area contributed by atoms with Crippen LogP contribution in [0.25, 0.3) is 0 Å². The smallest absolute Gasteiger partial charge is 0.302 e. The van der Waals surface area contributed by atoms with Gasteiger partial charge in [-0.15, -0.1) is 0 Å². The zero-order valence-corrected chi connectivity index (χ0v) is 16.7. The first kappa shape index (κ1) is 21.3. The Kier molecular flexibility index (Phi) is 7.85. The molecule has 2 aromatic carbocycles. The highest BCUT2D eigenvalue weighted by Gasteiger charge is 2.16. The van der Waals surface area contributed by atoms with Crippen molar-refractivity contribution >= 4 is 11.7 Å². The molecule has 0 saturated carbocycles. The molecule has 0 heterocycles. The number of esters is 1. The van der Waals surface area contributed by atoms with E-state index in [0.29, 0.717) is 12.2 Å². The molecule has 0 aliphatic rings. The minimum absolute atomic E-state index is 0.0510. The Labute approximate surface area is 166 Å². The lowest BCUT2D eigenvalue weighted by Crippen LogP contribution is -2.19. The van der Waals surface area contributed by atoms with Crippen LogP contribution in [0.2, 0.25) is 0 Å². The van der Waals surface area contributed by atoms with E-state index in [9.17, 15) is 4.79 Å². The summed E-state index contributed by atoms with van der Waals surface area (Å²) in [6, 6.07) is 14.8. The van der Waals surface area contributed by atoms with Crippen molar-refractivity contribution in [2.45, 2.75) is 39.5 Å². The lowest BCUT2D eigenvalue weighted by Gasteiger charge is -2.22. The average molecular weight is 382 g/mol. The second kappa shape index (κ2) is 10.3. The van der Waals surface area contributed by atoms with E-state index in [4.69, 9.17) is 19.5 Å². The number of methoxy groups -OCH3 is 1. The van der Waals surface area contributed by atoms with Crippen LogP contribution in [0.4, 0.5) is 5.69 Å². The minimum Gasteiger partial charge on any atom is -0.491 e. The average Bonchev–Trinajstić information content (AvgIpc) is 2.66. The van der Waals surface area contributed by atoms with E-state index in [2.05, 4.69) is 11.4 Å². The summed E-state index contributed by atoms with van der Waals surface area (Å²) in [5.41, 5.74) is 3.27. The Morgan fingerprint density at radius 2 is 1.89 bits per heavy atom. The predicted octanol–water partition coefficient (Wildman–Crippen LogP) is 4.21. The highest BCUT2D eigenvalue weighted by atomic mass is 16.5. The zero-order chi connectivity index (χ0) is 20.5. The largest absolute Gasteiger partial charge is 0.491 e. The number of carbonyl (C=O) groups excluding carboxylic acids is 1. The fourth-order valence-electron chi connectivity index (χ4n) is 2.72. The molecule has 1 atom stereocenters. The number of ether oxygens (including phenoxy) is 3. The van der Waals surface area contributed by atoms with E-state index in [0.717, 1.165) is 22.6 Å². The van der Waals surface area contributed by atoms with Gasteiger partial charge >= 0.3 is 5.97 Å². The topological polar surface area (TPSA) is 80.6 Å². The number of hydrogen-bond acceptors (Lipinski definition) is 6. The number of nitriles is 1. The summed E-state index contributed by atoms with van der Waals surface area (Å²) in [6.45, 7) is 5.91. The minimum atomic E-state index is -0.344. The summed E-state index contributed by atoms with van der Waals surface area (Å²) >= 11 is 0. The van der Waals surface area contributed by atoms with E-state index in [1.165, 1.54) is 6.92 Å². The SMILES string of the molecule is COCc1cc(C(COC(C)=O)Nc2ccc(C#N)cc2)ccc1OC(C)C. The van der Waals surface area contributed by atoms with E-state index in [1.54, 1.807) is 19.2 Å². The molecule has 28 heavy (non-hydrogen) atoms. The molecule has 0 aromatic heterocycles. The Morgan fingerprint density at radius 1 is 1.18 bits per heavy atom. The van der Waals surface area contributed by atoms with E-state index >= 15 is 0 Å². The molecule has 0 saturated heterocycles. The molecule has 0 aliphatic carbocycles. The van der Waals surface area contributed by atoms with Crippen molar-refractivity contribution in [2.75, 3.05) is 19.0 Å². The molecule has 6 heteroatoms. The molecule has 0 bridgehead atoms. The van der Waals surface area contributed by atoms with Gasteiger partial charge in [0.1, 0.15) is 12.4 Å². The summed E-state index contributed by atoms with van der Waals surface area (Å²) < 4.78 is 16.4. The second-order valence-corrected chi connectivity index (χ2v) is 6.66. The summed E-state index contributed by atoms with van der Waals surface area (Å²) in [5.74, 6) is 0.425. The van der Waals surface area contributed by atoms with Crippen molar-refractivity contribution in [1.82, 2.24) is 0 Å². The third-order valence-electron chi connectivity index (χ3n) is 3.96. The van der Waals surface area contributed by atoms with Gasteiger partial charge in [-0.05, 0) is 55.8 Å². The lowest BCUT2D eigenvalue weighted by atomic mass is 10.0. The van der Waals surface area contributed by atoms with Gasteiger partial charge in [0.15, 0.2) is 0 Å². The van der Waals surface area contributed by atoms with Crippen LogP contribution in [0.5, 0.6) is 5.75 Å². The van der Waals surface area contributed by atoms with Gasteiger partial charge in [0.2, 0.25) is 0 Å². The molecule has 0 radical (unpaired) electrons. The fraction of sp³-hybridized carbons (Fsp3) is 0.364. The molecule has 1 N–H and O–H groups in total. The molecule has 0 spiro atoms. The zero-order valence-electron chi connectivity index (χ0n) is 16.7. The van der Waals surface area contributed by atoms with Gasteiger partial charge in [-0.2, -0.15) is 5.26 Å². The van der Waals surface area contributed by atoms with Crippen molar-refractivity contribution in [1.29, 1.82) is 5.26 Å². The molecule has 2 rings (SSSR count). The van der Waals surface area contributed by atoms with Gasteiger partial charge in [0.25, 0.3) is 0 Å². The molecular weight excluding hydrogens is 356 g/mol. The number of nitrogens with one attached hydrogen (secondary N) is 1. The van der Waals surface area contributed by atoms with Crippen molar-refractivity contribution in [3.05, 3.63) is 59.2 Å². The van der Waals surface area contributed by atoms with Gasteiger partial charge in [0.05, 0.1) is 30.4 Å². The maximum Gasteiger partial charge on any atom is 0.302 e. The van der Waals surface area contributed by atoms with E-state index < -0.39 is 0 Å². The first-order valence-electron chi connectivity index (χ1n) is 9.11. The quantitative estimate of drug-likeness (QED) is 0.655. The van der Waals surface area contributed by atoms with Gasteiger partial charge in [-0.25, -0.2) is 0 Å². The van der Waals surface area contributed by atoms with Crippen LogP contribution in [0, 0.1) is 11.3 Å². The van der Waals surface area contributed by atoms with Crippen LogP contribution < -0.4 is 10.1 Å². The summed E-state index contributed by atoms with van der Waals surface area (Å²) in [5, 5.41) is 12.3. The second-order valence-electron chi connectivity index (χ2n) is 6.66. The number of carbonyl (C=O) groups is 1. The van der Waals surface area contributed by atoms with Gasteiger partial charge < -0.3 is 19.5 Å². The van der Waals surface area contributed by atoms with E-state index in [1.807, 2.05) is 44.2 Å². The van der Waals surface area contributed by atoms with Crippen molar-refractivity contribution < 1.29 is 19.0 Å². The normalized spacial score (nSPS) is 11.6. The van der Waals surface area contributed by atoms with Gasteiger partial charge in [-0.3, -0.25) is 4.79 Å². The lowest BCUT2D eigenvalue weighted by molar-refractivity contribution is -0.141. The predicted molar refractivity (Wildman–Crippen MR) is 107 cm³/mol. The molecule has 0 fully saturated rings. The van der Waals surface area contributed by atoms with Crippen molar-refractivity contribution in [3.63, 3.8) is 0 Å². The highest BCUT2D eigenvalue weighted by Crippen LogP contribution is 2.28. The van der Waals surface area contributed by atoms with Gasteiger partial charge in [-0.1, -0.05) is 6.07 Å². The number of nitrogens with zero attached hydrogens (tertiary/aromatic N) is 1. The number of rotatable bonds is 9. The molecule has 0 amide bonds. The first-order chi connectivity index (χ1) is 13.4. The summed E-state index contributed by atoms with van der Waals surface area (Å²) in [6.07, 6.45) is 0.0510. The van der Waals surface area contributed by atoms with Crippen LogP contribution in [-0.2, 0) is 20.9 Å². The molecule has 0 aliphatic heterocycles. The van der Waals surface area contributed by atoms with Crippen LogP contribution in [0.3, 0.4) is 0 Å². The Hall–Kier alpha value is -3.04. The third-order valence-corrected chi connectivity index (χ3v) is 3.96. The third kappa shape index (κ3) is 6.29. The maximum absolute atomic E-state index is 11.3. The molecule has 1 unspecified atom stereocenters. The Bertz CT molecular complexity index is 825. The first-order valence-corrected chi connectivity index (χ1v) is 9.11. The van der Waals surface area contributed by atoms with Crippen molar-refractivity contribution in [3.8, 4) is 11.8 Å². The van der Waals surface area contributed by atoms with Crippen molar-refractivity contribution in [2.24, 2.45) is 0 Å². The fourth-order valence-corrected chi connectivity index (χ4v) is 2.72. The molecule has 6 nitrogen and oxygen atoms in total. The van der Waals surface area contributed by atoms with Crippen LogP contribution >= 0.6 is 0 Å². The molecular formula is C22H26N2O4. The van der Waals surface area contributed by atoms with E-state index in [-0.39, 0.29) is 24.7 Å². The van der Waals surface area contributed by atoms with Crippen LogP contribution in [-0.4, -0.2) is 25.8 Å². The molecule has 148 valence electrons. The molecule has 2 aromatic rings. The number of benzene rings is 2. The summed E-state index contributed by atoms with van der Waals surface area (Å²) in [7, 11) is 1.64. The summed E-state index contributed by atoms with van der Waals surface area (Å²) in [4.78, 5) is 11.3. The highest BCUT2D eigenvalue weighted by molar-refractivity contribution is 5.66. The van der Waals surface area contributed by atoms with Gasteiger partial charge in [0, 0.05) is 25.3 Å². The standard InChI is InChI=1S/C22H26N2O4/c1-15(2)28-22-10-7-18(11-19(22)13-26-4)21(14-27-16(3)25)24-20-8-5-17(12-23)6-9-20/h5-11,15,21,24H,13-14H2,1-4H3. The Morgan fingerprint density at radius 3 is 2.46 bits per heavy atom. The number of hydrogen-bond donors (Lipinski definition) is 1. The monoisotopic (exact) mass is 382 g/mol. The Balaban J connectivity index is 2.31.